The first-order valence-electron chi connectivity index (χ1n) is 17.4. The normalized spacial score (nSPS) is 23.1. The number of rotatable bonds is 8. The zero-order valence-corrected chi connectivity index (χ0v) is 30.1. The zero-order valence-electron chi connectivity index (χ0n) is 29.3. The molecule has 3 atom stereocenters. The summed E-state index contributed by atoms with van der Waals surface area (Å²) in [7, 11) is 0. The van der Waals surface area contributed by atoms with Crippen LogP contribution >= 0.6 is 11.8 Å². The minimum absolute atomic E-state index is 0.181. The first kappa shape index (κ1) is 36.0. The number of carbonyl (C=O) groups excluding carboxylic acids is 5. The van der Waals surface area contributed by atoms with Gasteiger partial charge in [0.25, 0.3) is 0 Å². The molecule has 3 saturated heterocycles. The van der Waals surface area contributed by atoms with Gasteiger partial charge in [-0.1, -0.05) is 60.7 Å². The maximum atomic E-state index is 14.7. The smallest absolute Gasteiger partial charge is 0.409 e. The van der Waals surface area contributed by atoms with Gasteiger partial charge in [0.05, 0.1) is 6.61 Å². The highest BCUT2D eigenvalue weighted by molar-refractivity contribution is 8.03. The number of β-lactam (4-membered cyclic amide) rings is 1. The summed E-state index contributed by atoms with van der Waals surface area (Å²) in [6.45, 7) is 8.51. The Bertz CT molecular complexity index is 1680. The Hall–Kier alpha value is -4.78. The number of hydrogen-bond acceptors (Lipinski definition) is 9. The van der Waals surface area contributed by atoms with Crippen molar-refractivity contribution in [1.29, 1.82) is 0 Å². The molecular formula is C38H44N4O8S. The summed E-state index contributed by atoms with van der Waals surface area (Å²) in [5.41, 5.74) is 2.52. The molecule has 0 radical (unpaired) electrons. The molecule has 0 unspecified atom stereocenters. The summed E-state index contributed by atoms with van der Waals surface area (Å²) in [6.07, 6.45) is -0.380. The van der Waals surface area contributed by atoms with Crippen LogP contribution in [0.15, 0.2) is 82.8 Å². The van der Waals surface area contributed by atoms with Gasteiger partial charge in [0.15, 0.2) is 12.1 Å². The molecule has 0 saturated carbocycles. The Morgan fingerprint density at radius 1 is 0.980 bits per heavy atom. The molecule has 2 aromatic rings. The van der Waals surface area contributed by atoms with E-state index >= 15 is 0 Å². The number of hydrogen-bond donors (Lipinski definition) is 2. The predicted molar refractivity (Wildman–Crippen MR) is 190 cm³/mol. The van der Waals surface area contributed by atoms with Crippen LogP contribution in [0.25, 0.3) is 0 Å². The third kappa shape index (κ3) is 7.78. The van der Waals surface area contributed by atoms with Crippen molar-refractivity contribution in [2.45, 2.75) is 76.1 Å². The van der Waals surface area contributed by atoms with E-state index in [1.807, 2.05) is 66.1 Å². The Labute approximate surface area is 301 Å². The van der Waals surface area contributed by atoms with E-state index in [-0.39, 0.29) is 24.5 Å². The first-order valence-corrected chi connectivity index (χ1v) is 18.3. The summed E-state index contributed by atoms with van der Waals surface area (Å²) in [5.74, 6) is -1.52. The van der Waals surface area contributed by atoms with E-state index in [0.29, 0.717) is 55.6 Å². The van der Waals surface area contributed by atoms with Crippen molar-refractivity contribution in [3.05, 3.63) is 93.9 Å². The van der Waals surface area contributed by atoms with Crippen LogP contribution in [0, 0.1) is 5.92 Å². The van der Waals surface area contributed by atoms with Crippen LogP contribution in [0.1, 0.15) is 64.2 Å². The number of likely N-dealkylation sites (tertiary alicyclic amines) is 1. The van der Waals surface area contributed by atoms with Crippen LogP contribution in [-0.2, 0) is 28.6 Å². The summed E-state index contributed by atoms with van der Waals surface area (Å²) in [4.78, 5) is 70.5. The van der Waals surface area contributed by atoms with E-state index in [2.05, 4.69) is 10.6 Å². The van der Waals surface area contributed by atoms with E-state index in [9.17, 15) is 24.0 Å². The van der Waals surface area contributed by atoms with Crippen molar-refractivity contribution < 1.29 is 38.2 Å². The molecule has 0 spiro atoms. The van der Waals surface area contributed by atoms with Crippen molar-refractivity contribution in [2.24, 2.45) is 5.92 Å². The van der Waals surface area contributed by atoms with Crippen LogP contribution < -0.4 is 10.6 Å². The Morgan fingerprint density at radius 2 is 1.61 bits per heavy atom. The van der Waals surface area contributed by atoms with Crippen LogP contribution in [-0.4, -0.2) is 89.1 Å². The quantitative estimate of drug-likeness (QED) is 0.166. The van der Waals surface area contributed by atoms with E-state index in [1.54, 1.807) is 32.6 Å². The molecule has 0 aromatic heterocycles. The minimum Gasteiger partial charge on any atom is -0.451 e. The highest BCUT2D eigenvalue weighted by atomic mass is 32.2. The Balaban J connectivity index is 1.38. The van der Waals surface area contributed by atoms with Gasteiger partial charge in [-0.3, -0.25) is 9.59 Å². The number of fused-ring (bicyclic) bond motifs is 1. The molecule has 6 rings (SSSR count). The molecule has 4 amide bonds. The van der Waals surface area contributed by atoms with Gasteiger partial charge >= 0.3 is 18.2 Å². The van der Waals surface area contributed by atoms with Crippen LogP contribution in [0.3, 0.4) is 0 Å². The van der Waals surface area contributed by atoms with Gasteiger partial charge < -0.3 is 34.6 Å². The fraction of sp³-hybridized carbons (Fsp3) is 0.447. The van der Waals surface area contributed by atoms with Crippen molar-refractivity contribution in [1.82, 2.24) is 20.4 Å². The van der Waals surface area contributed by atoms with Gasteiger partial charge in [-0.05, 0) is 80.6 Å². The molecular weight excluding hydrogens is 673 g/mol. The topological polar surface area (TPSA) is 144 Å². The number of esters is 1. The fourth-order valence-electron chi connectivity index (χ4n) is 7.05. The van der Waals surface area contributed by atoms with Gasteiger partial charge in [-0.15, -0.1) is 11.8 Å². The lowest BCUT2D eigenvalue weighted by Gasteiger charge is -2.52. The van der Waals surface area contributed by atoms with Crippen LogP contribution in [0.5, 0.6) is 0 Å². The standard InChI is InChI=1S/C38H44N4O8S/c1-5-48-37(47)41-20-17-23(18-21-41)28(26-16-19-39-32(26)43)27-22-51-34-29(40-36(46)50-38(2,3)4)33(44)42(34)30(27)35(45)49-31(24-12-8-6-9-13-24)25-14-10-7-11-15-25/h6-15,22-23,29-31,34H,5,16-21H2,1-4H3,(H,39,43)(H,40,46)/t29-,30-,34-/m1/s1. The molecule has 2 N–H and O–H groups in total. The Morgan fingerprint density at radius 3 is 2.16 bits per heavy atom. The van der Waals surface area contributed by atoms with Gasteiger partial charge in [-0.25, -0.2) is 14.4 Å². The monoisotopic (exact) mass is 716 g/mol. The molecule has 13 heteroatoms. The Kier molecular flexibility index (Phi) is 10.8. The second-order valence-corrected chi connectivity index (χ2v) is 14.9. The lowest BCUT2D eigenvalue weighted by atomic mass is 9.78. The number of thioether (sulfide) groups is 1. The van der Waals surface area contributed by atoms with Crippen molar-refractivity contribution in [3.63, 3.8) is 0 Å². The number of carbonyl (C=O) groups is 5. The predicted octanol–water partition coefficient (Wildman–Crippen LogP) is 5.07. The SMILES string of the molecule is CCOC(=O)N1CCC(C(C2=CS[C@@H]3[C@H](NC(=O)OC(C)(C)C)C(=O)N3[C@H]2C(=O)OC(c2ccccc2)c2ccccc2)=C2CCNC2=O)CC1. The molecule has 51 heavy (non-hydrogen) atoms. The summed E-state index contributed by atoms with van der Waals surface area (Å²) in [6, 6.07) is 16.6. The number of benzene rings is 2. The van der Waals surface area contributed by atoms with Crippen molar-refractivity contribution >= 4 is 41.7 Å². The minimum atomic E-state index is -1.20. The fourth-order valence-corrected chi connectivity index (χ4v) is 8.29. The second kappa shape index (κ2) is 15.2. The highest BCUT2D eigenvalue weighted by Crippen LogP contribution is 2.47. The molecule has 3 fully saturated rings. The van der Waals surface area contributed by atoms with Gasteiger partial charge in [0.2, 0.25) is 11.8 Å². The summed E-state index contributed by atoms with van der Waals surface area (Å²) >= 11 is 1.30. The van der Waals surface area contributed by atoms with Crippen LogP contribution in [0.4, 0.5) is 9.59 Å². The zero-order chi connectivity index (χ0) is 36.3. The molecule has 2 aromatic carbocycles. The molecule has 4 aliphatic rings. The molecule has 4 aliphatic heterocycles. The second-order valence-electron chi connectivity index (χ2n) is 13.9. The maximum Gasteiger partial charge on any atom is 0.409 e. The summed E-state index contributed by atoms with van der Waals surface area (Å²) in [5, 5.41) is 6.82. The van der Waals surface area contributed by atoms with Gasteiger partial charge in [-0.2, -0.15) is 0 Å². The van der Waals surface area contributed by atoms with Gasteiger partial charge in [0, 0.05) is 25.2 Å². The van der Waals surface area contributed by atoms with Crippen molar-refractivity contribution in [2.75, 3.05) is 26.2 Å². The molecule has 0 bridgehead atoms. The van der Waals surface area contributed by atoms with Gasteiger partial charge in [0.1, 0.15) is 17.0 Å². The average molecular weight is 717 g/mol. The number of nitrogens with zero attached hydrogens (tertiary/aromatic N) is 2. The van der Waals surface area contributed by atoms with Crippen molar-refractivity contribution in [3.8, 4) is 0 Å². The number of nitrogens with one attached hydrogen (secondary N) is 2. The van der Waals surface area contributed by atoms with E-state index in [0.717, 1.165) is 11.1 Å². The third-order valence-corrected chi connectivity index (χ3v) is 10.5. The number of ether oxygens (including phenoxy) is 3. The summed E-state index contributed by atoms with van der Waals surface area (Å²) < 4.78 is 17.1. The average Bonchev–Trinajstić information content (AvgIpc) is 3.54. The maximum absolute atomic E-state index is 14.7. The number of piperidine rings is 1. The lowest BCUT2D eigenvalue weighted by Crippen LogP contribution is -2.74. The third-order valence-electron chi connectivity index (χ3n) is 9.32. The van der Waals surface area contributed by atoms with Crippen LogP contribution in [0.2, 0.25) is 0 Å². The van der Waals surface area contributed by atoms with E-state index < -0.39 is 47.1 Å². The molecule has 270 valence electrons. The molecule has 0 aliphatic carbocycles. The lowest BCUT2D eigenvalue weighted by molar-refractivity contribution is -0.164. The molecule has 12 nitrogen and oxygen atoms in total. The number of amides is 4. The highest BCUT2D eigenvalue weighted by Gasteiger charge is 2.58. The molecule has 4 heterocycles. The van der Waals surface area contributed by atoms with E-state index in [4.69, 9.17) is 14.2 Å². The first-order chi connectivity index (χ1) is 24.5. The van der Waals surface area contributed by atoms with E-state index in [1.165, 1.54) is 16.7 Å². The number of alkyl carbamates (subject to hydrolysis) is 1. The largest absolute Gasteiger partial charge is 0.451 e.